The first-order chi connectivity index (χ1) is 8.72. The van der Waals surface area contributed by atoms with Crippen molar-refractivity contribution in [2.45, 2.75) is 13.3 Å². The minimum atomic E-state index is -0.323. The van der Waals surface area contributed by atoms with E-state index in [9.17, 15) is 9.59 Å². The molecule has 1 aromatic rings. The molecule has 0 aliphatic heterocycles. The van der Waals surface area contributed by atoms with Gasteiger partial charge in [0, 0.05) is 13.1 Å². The second kappa shape index (κ2) is 8.11. The molecule has 0 unspecified atom stereocenters. The normalized spacial score (nSPS) is 9.61. The van der Waals surface area contributed by atoms with E-state index < -0.39 is 0 Å². The third-order valence-electron chi connectivity index (χ3n) is 2.33. The van der Waals surface area contributed by atoms with Gasteiger partial charge in [-0.15, -0.1) is 0 Å². The van der Waals surface area contributed by atoms with E-state index in [0.29, 0.717) is 13.1 Å². The summed E-state index contributed by atoms with van der Waals surface area (Å²) < 4.78 is 0. The molecule has 0 saturated heterocycles. The molecule has 0 fully saturated rings. The lowest BCUT2D eigenvalue weighted by atomic mass is 10.1. The van der Waals surface area contributed by atoms with Gasteiger partial charge in [0.05, 0.1) is 6.54 Å². The highest BCUT2D eigenvalue weighted by Crippen LogP contribution is 1.97. The van der Waals surface area contributed by atoms with Crippen molar-refractivity contribution < 1.29 is 9.59 Å². The smallest absolute Gasteiger partial charge is 0.315 e. The second-order valence-corrected chi connectivity index (χ2v) is 3.80. The van der Waals surface area contributed by atoms with E-state index in [1.807, 2.05) is 37.3 Å². The Kier molecular flexibility index (Phi) is 6.32. The maximum atomic E-state index is 11.4. The van der Waals surface area contributed by atoms with E-state index in [0.717, 1.165) is 6.42 Å². The highest BCUT2D eigenvalue weighted by Gasteiger charge is 2.03. The molecule has 0 atom stereocenters. The monoisotopic (exact) mass is 249 g/mol. The molecule has 98 valence electrons. The Morgan fingerprint density at radius 1 is 1.06 bits per heavy atom. The lowest BCUT2D eigenvalue weighted by Gasteiger charge is -2.07. The second-order valence-electron chi connectivity index (χ2n) is 3.80. The van der Waals surface area contributed by atoms with E-state index >= 15 is 0 Å². The van der Waals surface area contributed by atoms with Gasteiger partial charge in [-0.1, -0.05) is 30.3 Å². The third-order valence-corrected chi connectivity index (χ3v) is 2.33. The fraction of sp³-hybridized carbons (Fsp3) is 0.385. The molecule has 1 aromatic carbocycles. The quantitative estimate of drug-likeness (QED) is 0.693. The zero-order chi connectivity index (χ0) is 13.2. The number of amides is 3. The summed E-state index contributed by atoms with van der Waals surface area (Å²) >= 11 is 0. The number of benzene rings is 1. The Balaban J connectivity index is 2.12. The fourth-order valence-corrected chi connectivity index (χ4v) is 1.44. The molecule has 18 heavy (non-hydrogen) atoms. The largest absolute Gasteiger partial charge is 0.354 e. The molecular weight excluding hydrogens is 230 g/mol. The molecule has 3 amide bonds. The lowest BCUT2D eigenvalue weighted by Crippen LogP contribution is -2.42. The Hall–Kier alpha value is -2.04. The lowest BCUT2D eigenvalue weighted by molar-refractivity contribution is -0.120. The molecule has 3 N–H and O–H groups in total. The average Bonchev–Trinajstić information content (AvgIpc) is 2.38. The van der Waals surface area contributed by atoms with Crippen molar-refractivity contribution in [3.05, 3.63) is 35.9 Å². The minimum Gasteiger partial charge on any atom is -0.354 e. The minimum absolute atomic E-state index is 0.000618. The van der Waals surface area contributed by atoms with Crippen LogP contribution in [0.15, 0.2) is 30.3 Å². The van der Waals surface area contributed by atoms with Crippen LogP contribution in [0.25, 0.3) is 0 Å². The maximum absolute atomic E-state index is 11.4. The van der Waals surface area contributed by atoms with Gasteiger partial charge in [-0.05, 0) is 18.9 Å². The summed E-state index contributed by atoms with van der Waals surface area (Å²) in [6.07, 6.45) is 0.785. The zero-order valence-electron chi connectivity index (χ0n) is 10.5. The van der Waals surface area contributed by atoms with Gasteiger partial charge in [0.1, 0.15) is 0 Å². The summed E-state index contributed by atoms with van der Waals surface area (Å²) in [7, 11) is 0. The van der Waals surface area contributed by atoms with Crippen LogP contribution in [-0.2, 0) is 11.2 Å². The molecule has 1 rings (SSSR count). The molecule has 0 heterocycles. The fourth-order valence-electron chi connectivity index (χ4n) is 1.44. The predicted molar refractivity (Wildman–Crippen MR) is 70.2 cm³/mol. The maximum Gasteiger partial charge on any atom is 0.315 e. The number of urea groups is 1. The highest BCUT2D eigenvalue weighted by molar-refractivity contribution is 5.83. The zero-order valence-corrected chi connectivity index (χ0v) is 10.5. The summed E-state index contributed by atoms with van der Waals surface area (Å²) in [5.41, 5.74) is 1.18. The van der Waals surface area contributed by atoms with E-state index in [4.69, 9.17) is 0 Å². The highest BCUT2D eigenvalue weighted by atomic mass is 16.2. The van der Waals surface area contributed by atoms with Crippen molar-refractivity contribution >= 4 is 11.9 Å². The molecule has 5 nitrogen and oxygen atoms in total. The molecule has 0 radical (unpaired) electrons. The number of carbonyl (C=O) groups excluding carboxylic acids is 2. The van der Waals surface area contributed by atoms with Gasteiger partial charge in [0.25, 0.3) is 0 Å². The third kappa shape index (κ3) is 5.89. The summed E-state index contributed by atoms with van der Waals surface area (Å²) in [4.78, 5) is 22.4. The van der Waals surface area contributed by atoms with Crippen molar-refractivity contribution in [3.8, 4) is 0 Å². The van der Waals surface area contributed by atoms with E-state index in [1.54, 1.807) is 0 Å². The summed E-state index contributed by atoms with van der Waals surface area (Å²) in [5, 5.41) is 7.77. The van der Waals surface area contributed by atoms with E-state index in [-0.39, 0.29) is 18.5 Å². The Bertz CT molecular complexity index is 379. The van der Waals surface area contributed by atoms with Crippen LogP contribution in [0.1, 0.15) is 12.5 Å². The number of rotatable bonds is 6. The number of nitrogens with one attached hydrogen (secondary N) is 3. The van der Waals surface area contributed by atoms with Crippen LogP contribution in [0.2, 0.25) is 0 Å². The molecule has 0 aliphatic carbocycles. The molecule has 0 bridgehead atoms. The molecule has 0 saturated carbocycles. The number of hydrogen-bond donors (Lipinski definition) is 3. The number of hydrogen-bond acceptors (Lipinski definition) is 2. The predicted octanol–water partition coefficient (Wildman–Crippen LogP) is 0.664. The van der Waals surface area contributed by atoms with Crippen LogP contribution in [0.4, 0.5) is 4.79 Å². The van der Waals surface area contributed by atoms with Crippen molar-refractivity contribution in [2.75, 3.05) is 19.6 Å². The first kappa shape index (κ1) is 14.0. The number of carbonyl (C=O) groups is 2. The summed E-state index contributed by atoms with van der Waals surface area (Å²) in [6.45, 7) is 2.93. The van der Waals surface area contributed by atoms with Crippen LogP contribution in [0, 0.1) is 0 Å². The average molecular weight is 249 g/mol. The SMILES string of the molecule is CCNC(=O)NCC(=O)NCCc1ccccc1. The van der Waals surface area contributed by atoms with Crippen LogP contribution in [0.3, 0.4) is 0 Å². The van der Waals surface area contributed by atoms with Crippen LogP contribution in [-0.4, -0.2) is 31.6 Å². The van der Waals surface area contributed by atoms with Crippen molar-refractivity contribution in [2.24, 2.45) is 0 Å². The molecule has 0 aliphatic rings. The first-order valence-corrected chi connectivity index (χ1v) is 6.04. The summed E-state index contributed by atoms with van der Waals surface area (Å²) in [6, 6.07) is 9.59. The van der Waals surface area contributed by atoms with Crippen LogP contribution in [0.5, 0.6) is 0 Å². The van der Waals surface area contributed by atoms with Gasteiger partial charge < -0.3 is 16.0 Å². The van der Waals surface area contributed by atoms with Gasteiger partial charge in [0.15, 0.2) is 0 Å². The Morgan fingerprint density at radius 3 is 2.44 bits per heavy atom. The van der Waals surface area contributed by atoms with E-state index in [2.05, 4.69) is 16.0 Å². The van der Waals surface area contributed by atoms with Crippen LogP contribution < -0.4 is 16.0 Å². The Labute approximate surface area is 107 Å². The van der Waals surface area contributed by atoms with Gasteiger partial charge in [-0.2, -0.15) is 0 Å². The van der Waals surface area contributed by atoms with Crippen molar-refractivity contribution in [1.82, 2.24) is 16.0 Å². The van der Waals surface area contributed by atoms with Gasteiger partial charge >= 0.3 is 6.03 Å². The molecule has 0 aromatic heterocycles. The van der Waals surface area contributed by atoms with Gasteiger partial charge in [-0.25, -0.2) is 4.79 Å². The first-order valence-electron chi connectivity index (χ1n) is 6.04. The van der Waals surface area contributed by atoms with Gasteiger partial charge in [0.2, 0.25) is 5.91 Å². The Morgan fingerprint density at radius 2 is 1.78 bits per heavy atom. The van der Waals surface area contributed by atoms with Crippen LogP contribution >= 0.6 is 0 Å². The van der Waals surface area contributed by atoms with Crippen molar-refractivity contribution in [1.29, 1.82) is 0 Å². The standard InChI is InChI=1S/C13H19N3O2/c1-2-14-13(18)16-10-12(17)15-9-8-11-6-4-3-5-7-11/h3-7H,2,8-10H2,1H3,(H,15,17)(H2,14,16,18). The van der Waals surface area contributed by atoms with E-state index in [1.165, 1.54) is 5.56 Å². The topological polar surface area (TPSA) is 70.2 Å². The molecule has 5 heteroatoms. The summed E-state index contributed by atoms with van der Waals surface area (Å²) in [5.74, 6) is -0.183. The molecular formula is C13H19N3O2. The molecule has 0 spiro atoms. The van der Waals surface area contributed by atoms with Crippen molar-refractivity contribution in [3.63, 3.8) is 0 Å². The van der Waals surface area contributed by atoms with Gasteiger partial charge in [-0.3, -0.25) is 4.79 Å².